The molecule has 3 aromatic carbocycles. The molecule has 0 atom stereocenters. The van der Waals surface area contributed by atoms with Crippen molar-refractivity contribution in [2.24, 2.45) is 0 Å². The van der Waals surface area contributed by atoms with E-state index in [0.717, 1.165) is 4.90 Å². The van der Waals surface area contributed by atoms with Crippen LogP contribution in [-0.4, -0.2) is 5.97 Å². The summed E-state index contributed by atoms with van der Waals surface area (Å²) >= 11 is 0. The average Bonchev–Trinajstić information content (AvgIpc) is 3.32. The lowest BCUT2D eigenvalue weighted by Gasteiger charge is -2.22. The molecule has 0 fully saturated rings. The molecule has 0 bridgehead atoms. The Bertz CT molecular complexity index is 1060. The molecule has 1 aromatic heterocycles. The van der Waals surface area contributed by atoms with Gasteiger partial charge in [0.2, 0.25) is 0 Å². The van der Waals surface area contributed by atoms with Crippen LogP contribution in [0.4, 0.5) is 0 Å². The van der Waals surface area contributed by atoms with Crippen LogP contribution < -0.4 is 0 Å². The molecule has 0 amide bonds. The van der Waals surface area contributed by atoms with Gasteiger partial charge in [-0.05, 0) is 62.4 Å². The molecule has 0 saturated heterocycles. The molecule has 0 radical (unpaired) electrons. The van der Waals surface area contributed by atoms with E-state index in [1.165, 1.54) is 9.79 Å². The summed E-state index contributed by atoms with van der Waals surface area (Å²) in [6.45, 7) is 3.65. The summed E-state index contributed by atoms with van der Waals surface area (Å²) in [6.07, 6.45) is 1.58. The fourth-order valence-corrected chi connectivity index (χ4v) is 5.37. The van der Waals surface area contributed by atoms with Crippen LogP contribution in [0.15, 0.2) is 122 Å². The molecular weight excluding hydrogens is 392 g/mol. The van der Waals surface area contributed by atoms with Crippen molar-refractivity contribution in [3.05, 3.63) is 115 Å². The maximum Gasteiger partial charge on any atom is 0.339 e. The Morgan fingerprint density at radius 1 is 0.767 bits per heavy atom. The van der Waals surface area contributed by atoms with Crippen LogP contribution in [-0.2, 0) is 21.2 Å². The molecule has 3 nitrogen and oxygen atoms in total. The summed E-state index contributed by atoms with van der Waals surface area (Å²) in [5.74, 6) is 0.239. The summed E-state index contributed by atoms with van der Waals surface area (Å²) in [5, 5.41) is 0. The molecule has 0 aliphatic carbocycles. The molecule has 0 N–H and O–H groups in total. The Kier molecular flexibility index (Phi) is 5.77. The Morgan fingerprint density at radius 3 is 1.93 bits per heavy atom. The van der Waals surface area contributed by atoms with Gasteiger partial charge in [-0.2, -0.15) is 0 Å². The van der Waals surface area contributed by atoms with Gasteiger partial charge < -0.3 is 9.15 Å². The van der Waals surface area contributed by atoms with E-state index >= 15 is 0 Å². The second-order valence-electron chi connectivity index (χ2n) is 7.34. The van der Waals surface area contributed by atoms with Gasteiger partial charge in [-0.1, -0.05) is 42.5 Å². The zero-order valence-corrected chi connectivity index (χ0v) is 17.8. The van der Waals surface area contributed by atoms with Crippen molar-refractivity contribution < 1.29 is 13.9 Å². The van der Waals surface area contributed by atoms with Crippen molar-refractivity contribution in [3.63, 3.8) is 0 Å². The highest BCUT2D eigenvalue weighted by Crippen LogP contribution is 2.32. The Morgan fingerprint density at radius 2 is 1.37 bits per heavy atom. The zero-order chi connectivity index (χ0) is 21.0. The second-order valence-corrected chi connectivity index (χ2v) is 9.36. The van der Waals surface area contributed by atoms with Crippen molar-refractivity contribution in [1.82, 2.24) is 0 Å². The van der Waals surface area contributed by atoms with Gasteiger partial charge >= 0.3 is 5.97 Å². The first-order valence-corrected chi connectivity index (χ1v) is 11.0. The molecule has 0 saturated carbocycles. The molecule has 0 spiro atoms. The van der Waals surface area contributed by atoms with E-state index in [1.54, 1.807) is 18.4 Å². The van der Waals surface area contributed by atoms with Gasteiger partial charge in [0, 0.05) is 6.07 Å². The number of furan rings is 1. The molecule has 150 valence electrons. The number of carbonyl (C=O) groups is 1. The zero-order valence-electron chi connectivity index (χ0n) is 16.9. The van der Waals surface area contributed by atoms with Gasteiger partial charge in [-0.25, -0.2) is 4.79 Å². The number of esters is 1. The normalized spacial score (nSPS) is 11.4. The van der Waals surface area contributed by atoms with Crippen LogP contribution in [0.2, 0.25) is 0 Å². The van der Waals surface area contributed by atoms with Crippen LogP contribution in [0.3, 0.4) is 0 Å². The molecule has 4 heteroatoms. The summed E-state index contributed by atoms with van der Waals surface area (Å²) in [5.41, 5.74) is -0.326. The topological polar surface area (TPSA) is 39.4 Å². The smallest absolute Gasteiger partial charge is 0.339 e. The summed E-state index contributed by atoms with van der Waals surface area (Å²) < 4.78 is 11.2. The predicted molar refractivity (Wildman–Crippen MR) is 119 cm³/mol. The largest absolute Gasteiger partial charge is 0.465 e. The predicted octanol–water partition coefficient (Wildman–Crippen LogP) is 6.47. The summed E-state index contributed by atoms with van der Waals surface area (Å²) in [7, 11) is -0.320. The van der Waals surface area contributed by atoms with Gasteiger partial charge in [0.05, 0.1) is 22.7 Å². The highest BCUT2D eigenvalue weighted by Gasteiger charge is 2.31. The summed E-state index contributed by atoms with van der Waals surface area (Å²) in [6, 6.07) is 32.0. The van der Waals surface area contributed by atoms with Gasteiger partial charge in [0.1, 0.15) is 5.76 Å². The maximum absolute atomic E-state index is 12.9. The number of rotatable bonds is 6. The SMILES string of the molecule is CC(C)(OC(=O)c1cccc([S+](c2ccccc2)c2ccccc2)c1)c1ccco1. The van der Waals surface area contributed by atoms with Crippen LogP contribution in [0.25, 0.3) is 0 Å². The van der Waals surface area contributed by atoms with Crippen molar-refractivity contribution in [3.8, 4) is 0 Å². The van der Waals surface area contributed by atoms with Crippen LogP contribution in [0, 0.1) is 0 Å². The fourth-order valence-electron chi connectivity index (χ4n) is 3.23. The van der Waals surface area contributed by atoms with E-state index in [1.807, 2.05) is 68.4 Å². The first-order valence-electron chi connectivity index (χ1n) is 9.76. The quantitative estimate of drug-likeness (QED) is 0.268. The van der Waals surface area contributed by atoms with Gasteiger partial charge in [0.15, 0.2) is 20.3 Å². The minimum Gasteiger partial charge on any atom is -0.465 e. The fraction of sp³-hybridized carbons (Fsp3) is 0.115. The minimum atomic E-state index is -0.850. The van der Waals surface area contributed by atoms with E-state index in [-0.39, 0.29) is 16.9 Å². The number of benzene rings is 3. The molecule has 0 unspecified atom stereocenters. The van der Waals surface area contributed by atoms with Crippen molar-refractivity contribution >= 4 is 16.9 Å². The van der Waals surface area contributed by atoms with E-state index in [4.69, 9.17) is 9.15 Å². The maximum atomic E-state index is 12.9. The number of ether oxygens (including phenoxy) is 1. The molecule has 4 aromatic rings. The van der Waals surface area contributed by atoms with Gasteiger partial charge in [0.25, 0.3) is 0 Å². The van der Waals surface area contributed by atoms with E-state index in [9.17, 15) is 4.79 Å². The third kappa shape index (κ3) is 4.34. The lowest BCUT2D eigenvalue weighted by Crippen LogP contribution is -2.25. The Balaban J connectivity index is 1.68. The van der Waals surface area contributed by atoms with Crippen LogP contribution >= 0.6 is 0 Å². The number of hydrogen-bond donors (Lipinski definition) is 0. The molecular formula is C26H23O3S+. The standard InChI is InChI=1S/C26H23O3S/c1-26(2,24-17-10-18-28-24)29-25(27)20-11-9-16-23(19-20)30(21-12-5-3-6-13-21)22-14-7-4-8-15-22/h3-19H,1-2H3/q+1. The van der Waals surface area contributed by atoms with Crippen LogP contribution in [0.1, 0.15) is 30.0 Å². The third-order valence-electron chi connectivity index (χ3n) is 4.73. The Hall–Kier alpha value is -3.24. The van der Waals surface area contributed by atoms with Crippen LogP contribution in [0.5, 0.6) is 0 Å². The van der Waals surface area contributed by atoms with Gasteiger partial charge in [-0.15, -0.1) is 0 Å². The van der Waals surface area contributed by atoms with Crippen molar-refractivity contribution in [2.75, 3.05) is 0 Å². The highest BCUT2D eigenvalue weighted by atomic mass is 32.2. The first kappa shape index (κ1) is 20.0. The molecule has 30 heavy (non-hydrogen) atoms. The minimum absolute atomic E-state index is 0.320. The van der Waals surface area contributed by atoms with Crippen molar-refractivity contribution in [2.45, 2.75) is 34.1 Å². The molecule has 1 heterocycles. The van der Waals surface area contributed by atoms with E-state index in [0.29, 0.717) is 11.3 Å². The van der Waals surface area contributed by atoms with Crippen molar-refractivity contribution in [1.29, 1.82) is 0 Å². The average molecular weight is 416 g/mol. The first-order chi connectivity index (χ1) is 14.5. The molecule has 0 aliphatic rings. The second kappa shape index (κ2) is 8.64. The molecule has 4 rings (SSSR count). The lowest BCUT2D eigenvalue weighted by atomic mass is 10.1. The summed E-state index contributed by atoms with van der Waals surface area (Å²) in [4.78, 5) is 16.4. The number of carbonyl (C=O) groups excluding carboxylic acids is 1. The monoisotopic (exact) mass is 415 g/mol. The molecule has 0 aliphatic heterocycles. The Labute approximate surface area is 179 Å². The highest BCUT2D eigenvalue weighted by molar-refractivity contribution is 7.97. The van der Waals surface area contributed by atoms with E-state index < -0.39 is 5.60 Å². The lowest BCUT2D eigenvalue weighted by molar-refractivity contribution is -0.0126. The number of hydrogen-bond acceptors (Lipinski definition) is 3. The van der Waals surface area contributed by atoms with Gasteiger partial charge in [-0.3, -0.25) is 0 Å². The van der Waals surface area contributed by atoms with E-state index in [2.05, 4.69) is 30.3 Å². The third-order valence-corrected chi connectivity index (χ3v) is 6.94.